The second-order valence-electron chi connectivity index (χ2n) is 6.55. The number of hydrogen-bond acceptors (Lipinski definition) is 2. The largest absolute Gasteiger partial charge is 0.330 e. The third-order valence-corrected chi connectivity index (χ3v) is 5.08. The van der Waals surface area contributed by atoms with Crippen LogP contribution < -0.4 is 5.73 Å². The van der Waals surface area contributed by atoms with E-state index in [1.165, 1.54) is 51.6 Å². The first kappa shape index (κ1) is 13.4. The van der Waals surface area contributed by atoms with Gasteiger partial charge in [0.1, 0.15) is 0 Å². The monoisotopic (exact) mass is 238 g/mol. The third kappa shape index (κ3) is 3.45. The van der Waals surface area contributed by atoms with Gasteiger partial charge in [0, 0.05) is 12.6 Å². The maximum Gasteiger partial charge on any atom is 0.00955 e. The van der Waals surface area contributed by atoms with E-state index in [1.54, 1.807) is 0 Å². The van der Waals surface area contributed by atoms with Crippen LogP contribution in [0.3, 0.4) is 0 Å². The van der Waals surface area contributed by atoms with E-state index >= 15 is 0 Å². The number of piperidine rings is 1. The summed E-state index contributed by atoms with van der Waals surface area (Å²) in [5, 5.41) is 0. The molecule has 2 N–H and O–H groups in total. The van der Waals surface area contributed by atoms with Crippen molar-refractivity contribution in [2.75, 3.05) is 19.6 Å². The van der Waals surface area contributed by atoms with Crippen molar-refractivity contribution in [2.24, 2.45) is 23.5 Å². The average Bonchev–Trinajstić information content (AvgIpc) is 2.39. The summed E-state index contributed by atoms with van der Waals surface area (Å²) in [6.45, 7) is 8.26. The van der Waals surface area contributed by atoms with E-state index in [0.29, 0.717) is 0 Å². The zero-order valence-corrected chi connectivity index (χ0v) is 11.7. The summed E-state index contributed by atoms with van der Waals surface area (Å²) in [6.07, 6.45) is 8.48. The molecule has 1 saturated heterocycles. The van der Waals surface area contributed by atoms with Crippen LogP contribution in [0.5, 0.6) is 0 Å². The Labute approximate surface area is 107 Å². The lowest BCUT2D eigenvalue weighted by Gasteiger charge is -2.42. The maximum absolute atomic E-state index is 5.83. The lowest BCUT2D eigenvalue weighted by molar-refractivity contribution is 0.0819. The molecule has 17 heavy (non-hydrogen) atoms. The molecule has 1 unspecified atom stereocenters. The van der Waals surface area contributed by atoms with E-state index in [-0.39, 0.29) is 0 Å². The average molecular weight is 238 g/mol. The second kappa shape index (κ2) is 6.19. The molecular weight excluding hydrogens is 208 g/mol. The first-order chi connectivity index (χ1) is 8.20. The summed E-state index contributed by atoms with van der Waals surface area (Å²) in [5.41, 5.74) is 5.83. The van der Waals surface area contributed by atoms with E-state index in [4.69, 9.17) is 5.73 Å². The Balaban J connectivity index is 1.80. The van der Waals surface area contributed by atoms with Gasteiger partial charge < -0.3 is 10.6 Å². The molecule has 0 radical (unpaired) electrons. The van der Waals surface area contributed by atoms with Crippen LogP contribution in [0.2, 0.25) is 0 Å². The van der Waals surface area contributed by atoms with Crippen LogP contribution in [-0.4, -0.2) is 30.6 Å². The topological polar surface area (TPSA) is 29.3 Å². The zero-order chi connectivity index (χ0) is 12.3. The molecule has 1 aliphatic heterocycles. The lowest BCUT2D eigenvalue weighted by atomic mass is 9.78. The first-order valence-corrected chi connectivity index (χ1v) is 7.64. The fourth-order valence-electron chi connectivity index (χ4n) is 3.75. The molecular formula is C15H30N2. The minimum Gasteiger partial charge on any atom is -0.330 e. The summed E-state index contributed by atoms with van der Waals surface area (Å²) >= 11 is 0. The highest BCUT2D eigenvalue weighted by molar-refractivity contribution is 4.84. The molecule has 0 aromatic rings. The van der Waals surface area contributed by atoms with Gasteiger partial charge in [-0.1, -0.05) is 13.8 Å². The quantitative estimate of drug-likeness (QED) is 0.819. The molecule has 1 saturated carbocycles. The van der Waals surface area contributed by atoms with Crippen LogP contribution in [0, 0.1) is 17.8 Å². The number of nitrogens with two attached hydrogens (primary N) is 1. The molecule has 1 atom stereocenters. The zero-order valence-electron chi connectivity index (χ0n) is 11.7. The molecule has 0 aromatic carbocycles. The number of nitrogens with zero attached hydrogens (tertiary/aromatic N) is 1. The van der Waals surface area contributed by atoms with E-state index in [9.17, 15) is 0 Å². The Morgan fingerprint density at radius 2 is 1.82 bits per heavy atom. The molecule has 0 amide bonds. The van der Waals surface area contributed by atoms with Crippen molar-refractivity contribution in [3.05, 3.63) is 0 Å². The molecule has 0 spiro atoms. The Morgan fingerprint density at radius 3 is 2.41 bits per heavy atom. The van der Waals surface area contributed by atoms with Crippen LogP contribution in [0.4, 0.5) is 0 Å². The number of likely N-dealkylation sites (tertiary alicyclic amines) is 1. The summed E-state index contributed by atoms with van der Waals surface area (Å²) in [6, 6.07) is 0.874. The number of rotatable bonds is 3. The van der Waals surface area contributed by atoms with Crippen molar-refractivity contribution in [1.82, 2.24) is 4.90 Å². The highest BCUT2D eigenvalue weighted by atomic mass is 15.2. The second-order valence-corrected chi connectivity index (χ2v) is 6.55. The summed E-state index contributed by atoms with van der Waals surface area (Å²) in [7, 11) is 0. The predicted molar refractivity (Wildman–Crippen MR) is 73.9 cm³/mol. The van der Waals surface area contributed by atoms with Crippen molar-refractivity contribution in [2.45, 2.75) is 58.4 Å². The van der Waals surface area contributed by atoms with Gasteiger partial charge in [0.25, 0.3) is 0 Å². The van der Waals surface area contributed by atoms with Gasteiger partial charge in [-0.15, -0.1) is 0 Å². The van der Waals surface area contributed by atoms with Crippen LogP contribution >= 0.6 is 0 Å². The normalized spacial score (nSPS) is 36.4. The SMILES string of the molecule is CC(C)C1CCC(N2CCCC(CN)C2)CC1. The molecule has 2 fully saturated rings. The molecule has 2 rings (SSSR count). The lowest BCUT2D eigenvalue weighted by Crippen LogP contribution is -2.46. The smallest absolute Gasteiger partial charge is 0.00955 e. The minimum atomic E-state index is 0.770. The molecule has 2 nitrogen and oxygen atoms in total. The van der Waals surface area contributed by atoms with Crippen molar-refractivity contribution in [3.8, 4) is 0 Å². The van der Waals surface area contributed by atoms with Gasteiger partial charge >= 0.3 is 0 Å². The Hall–Kier alpha value is -0.0800. The van der Waals surface area contributed by atoms with Gasteiger partial charge in [0.2, 0.25) is 0 Å². The number of hydrogen-bond donors (Lipinski definition) is 1. The first-order valence-electron chi connectivity index (χ1n) is 7.64. The highest BCUT2D eigenvalue weighted by Gasteiger charge is 2.29. The molecule has 0 aromatic heterocycles. The Kier molecular flexibility index (Phi) is 4.87. The summed E-state index contributed by atoms with van der Waals surface area (Å²) in [4.78, 5) is 2.75. The standard InChI is InChI=1S/C15H30N2/c1-12(2)14-5-7-15(8-6-14)17-9-3-4-13(10-16)11-17/h12-15H,3-11,16H2,1-2H3. The molecule has 0 bridgehead atoms. The van der Waals surface area contributed by atoms with Gasteiger partial charge in [-0.25, -0.2) is 0 Å². The van der Waals surface area contributed by atoms with E-state index < -0.39 is 0 Å². The minimum absolute atomic E-state index is 0.770. The van der Waals surface area contributed by atoms with Gasteiger partial charge in [0.05, 0.1) is 0 Å². The molecule has 2 aliphatic rings. The highest BCUT2D eigenvalue weighted by Crippen LogP contribution is 2.33. The van der Waals surface area contributed by atoms with Crippen LogP contribution in [0.1, 0.15) is 52.4 Å². The molecule has 2 heteroatoms. The van der Waals surface area contributed by atoms with Gasteiger partial charge in [-0.05, 0) is 69.4 Å². The fourth-order valence-corrected chi connectivity index (χ4v) is 3.75. The van der Waals surface area contributed by atoms with E-state index in [1.807, 2.05) is 0 Å². The van der Waals surface area contributed by atoms with Gasteiger partial charge in [-0.3, -0.25) is 0 Å². The van der Waals surface area contributed by atoms with Crippen molar-refractivity contribution in [3.63, 3.8) is 0 Å². The Morgan fingerprint density at radius 1 is 1.12 bits per heavy atom. The van der Waals surface area contributed by atoms with Crippen molar-refractivity contribution < 1.29 is 0 Å². The van der Waals surface area contributed by atoms with Crippen LogP contribution in [0.15, 0.2) is 0 Å². The van der Waals surface area contributed by atoms with Crippen LogP contribution in [0.25, 0.3) is 0 Å². The van der Waals surface area contributed by atoms with E-state index in [2.05, 4.69) is 18.7 Å². The maximum atomic E-state index is 5.83. The predicted octanol–water partition coefficient (Wildman–Crippen LogP) is 2.87. The fraction of sp³-hybridized carbons (Fsp3) is 1.00. The third-order valence-electron chi connectivity index (χ3n) is 5.08. The van der Waals surface area contributed by atoms with Gasteiger partial charge in [0.15, 0.2) is 0 Å². The van der Waals surface area contributed by atoms with E-state index in [0.717, 1.165) is 30.3 Å². The molecule has 1 aliphatic carbocycles. The molecule has 1 heterocycles. The van der Waals surface area contributed by atoms with Crippen LogP contribution in [-0.2, 0) is 0 Å². The molecule has 100 valence electrons. The summed E-state index contributed by atoms with van der Waals surface area (Å²) < 4.78 is 0. The van der Waals surface area contributed by atoms with Gasteiger partial charge in [-0.2, -0.15) is 0 Å². The van der Waals surface area contributed by atoms with Crippen molar-refractivity contribution >= 4 is 0 Å². The Bertz CT molecular complexity index is 219. The van der Waals surface area contributed by atoms with Crippen molar-refractivity contribution in [1.29, 1.82) is 0 Å². The summed E-state index contributed by atoms with van der Waals surface area (Å²) in [5.74, 6) is 2.64.